The normalized spacial score (nSPS) is 20.1. The minimum atomic E-state index is -1.06. The predicted octanol–water partition coefficient (Wildman–Crippen LogP) is 11.5. The Bertz CT molecular complexity index is 3910. The Balaban J connectivity index is 1.44. The predicted molar refractivity (Wildman–Crippen MR) is 191 cm³/mol. The molecule has 0 aliphatic carbocycles. The van der Waals surface area contributed by atoms with Crippen LogP contribution in [0.5, 0.6) is 0 Å². The van der Waals surface area contributed by atoms with Crippen LogP contribution in [-0.2, 0) is 0 Å². The van der Waals surface area contributed by atoms with Crippen molar-refractivity contribution >= 4 is 43.6 Å². The van der Waals surface area contributed by atoms with Crippen LogP contribution in [0.4, 0.5) is 0 Å². The minimum Gasteiger partial charge on any atom is -0.309 e. The molecule has 2 heterocycles. The van der Waals surface area contributed by atoms with Gasteiger partial charge in [0.2, 0.25) is 0 Å². The summed E-state index contributed by atoms with van der Waals surface area (Å²) in [6, 6.07) is -23.3. The number of fused-ring (bicyclic) bond motifs is 6. The van der Waals surface area contributed by atoms with Gasteiger partial charge in [0.15, 0.2) is 0 Å². The molecule has 0 amide bonds. The van der Waals surface area contributed by atoms with E-state index in [4.69, 9.17) is 27.4 Å². The van der Waals surface area contributed by atoms with Crippen molar-refractivity contribution in [3.8, 4) is 33.6 Å². The number of hydrogen-bond acceptors (Lipinski definition) is 0. The summed E-state index contributed by atoms with van der Waals surface area (Å²) in [7, 11) is 0. The van der Waals surface area contributed by atoms with Crippen molar-refractivity contribution in [3.05, 3.63) is 169 Å². The van der Waals surface area contributed by atoms with E-state index in [9.17, 15) is 9.60 Å². The fraction of sp³-hybridized carbons (Fsp3) is 0.0233. The highest BCUT2D eigenvalue weighted by Gasteiger charge is 2.16. The standard InChI is InChI=1S/C43H30N2/c1-29-9-8-10-33(27-29)32-19-17-30(18-20-32)31-21-23-34(24-22-31)44-42-16-7-4-13-38(42)39-28-35(25-26-43(39)44)45-40-14-5-2-11-36(40)37-12-3-6-15-41(37)45/h2-28H,1H3/i2D,3D,4D,5D,6D,7D,8D,9D,10D,11D,12D,13D,14D,15D,16D,17D,18D,19D,20D,21D,22D,23D,24D,25D,26D,27D,28D. The molecule has 7 aromatic carbocycles. The van der Waals surface area contributed by atoms with Gasteiger partial charge in [0.25, 0.3) is 0 Å². The molecule has 0 fully saturated rings. The summed E-state index contributed by atoms with van der Waals surface area (Å²) in [6.07, 6.45) is 0. The van der Waals surface area contributed by atoms with Gasteiger partial charge in [-0.25, -0.2) is 0 Å². The first kappa shape index (κ1) is 10.4. The SMILES string of the molecule is [2H]c1c([2H])c(C)c([2H])c(-c2c([2H])c([2H])c(-c3c([2H])c([2H])c(-n4c5c([2H])c([2H])c([2H])c([2H])c5c5c([2H])c(-n6c7c([2H])c([2H])c([2H])c([2H])c7c7c([2H])c([2H])c([2H])c([2H])c76)c([2H])c([2H])c54)c([2H])c3[2H])c([2H])c2[2H])c1[2H]. The van der Waals surface area contributed by atoms with Crippen molar-refractivity contribution < 1.29 is 37.0 Å². The first-order chi connectivity index (χ1) is 33.5. The molecule has 2 heteroatoms. The van der Waals surface area contributed by atoms with E-state index >= 15 is 0 Å². The largest absolute Gasteiger partial charge is 0.309 e. The lowest BCUT2D eigenvalue weighted by atomic mass is 9.99. The summed E-state index contributed by atoms with van der Waals surface area (Å²) >= 11 is 0. The van der Waals surface area contributed by atoms with Gasteiger partial charge in [0.1, 0.15) is 0 Å². The second-order valence-corrected chi connectivity index (χ2v) is 9.76. The van der Waals surface area contributed by atoms with Crippen molar-refractivity contribution in [1.82, 2.24) is 9.13 Å². The van der Waals surface area contributed by atoms with Crippen molar-refractivity contribution in [1.29, 1.82) is 0 Å². The van der Waals surface area contributed by atoms with E-state index in [0.717, 1.165) is 4.57 Å². The van der Waals surface area contributed by atoms with Crippen LogP contribution in [0, 0.1) is 6.92 Å². The summed E-state index contributed by atoms with van der Waals surface area (Å²) in [6.45, 7) is 1.30. The second kappa shape index (κ2) is 10.1. The number of hydrogen-bond donors (Lipinski definition) is 0. The van der Waals surface area contributed by atoms with Gasteiger partial charge >= 0.3 is 0 Å². The van der Waals surface area contributed by atoms with Crippen molar-refractivity contribution in [2.45, 2.75) is 6.92 Å². The van der Waals surface area contributed by atoms with Gasteiger partial charge in [-0.05, 0) is 77.5 Å². The Morgan fingerprint density at radius 2 is 0.800 bits per heavy atom. The lowest BCUT2D eigenvalue weighted by Gasteiger charge is -2.11. The smallest absolute Gasteiger partial charge is 0.0652 e. The monoisotopic (exact) mass is 601 g/mol. The summed E-state index contributed by atoms with van der Waals surface area (Å²) < 4.78 is 242. The van der Waals surface area contributed by atoms with E-state index in [1.165, 1.54) is 6.92 Å². The summed E-state index contributed by atoms with van der Waals surface area (Å²) in [5.41, 5.74) is -6.85. The lowest BCUT2D eigenvalue weighted by molar-refractivity contribution is 1.17. The number of nitrogens with zero attached hydrogens (tertiary/aromatic N) is 2. The molecule has 9 aromatic rings. The molecule has 9 rings (SSSR count). The highest BCUT2D eigenvalue weighted by atomic mass is 15.0. The van der Waals surface area contributed by atoms with E-state index in [-0.39, 0.29) is 5.56 Å². The van der Waals surface area contributed by atoms with Gasteiger partial charge in [0, 0.05) is 32.9 Å². The Hall–Kier alpha value is -5.86. The van der Waals surface area contributed by atoms with Crippen LogP contribution in [0.15, 0.2) is 163 Å². The summed E-state index contributed by atoms with van der Waals surface area (Å²) in [5, 5.41) is -2.07. The zero-order valence-corrected chi connectivity index (χ0v) is 22.9. The van der Waals surface area contributed by atoms with Gasteiger partial charge < -0.3 is 9.13 Å². The first-order valence-corrected chi connectivity index (χ1v) is 13.3. The molecule has 0 aliphatic heterocycles. The zero-order chi connectivity index (χ0) is 53.4. The molecule has 0 saturated carbocycles. The van der Waals surface area contributed by atoms with Gasteiger partial charge in [-0.3, -0.25) is 0 Å². The zero-order valence-electron chi connectivity index (χ0n) is 49.9. The molecule has 0 saturated heterocycles. The Kier molecular flexibility index (Phi) is 2.33. The number of rotatable bonds is 4. The second-order valence-electron chi connectivity index (χ2n) is 9.76. The molecule has 0 radical (unpaired) electrons. The van der Waals surface area contributed by atoms with Gasteiger partial charge in [-0.1, -0.05) is 120 Å². The van der Waals surface area contributed by atoms with Crippen LogP contribution in [-0.4, -0.2) is 9.13 Å². The molecule has 2 nitrogen and oxygen atoms in total. The molecule has 0 spiro atoms. The molecule has 0 unspecified atom stereocenters. The molecule has 2 aromatic heterocycles. The topological polar surface area (TPSA) is 9.86 Å². The van der Waals surface area contributed by atoms with Crippen molar-refractivity contribution in [2.75, 3.05) is 0 Å². The molecule has 212 valence electrons. The Morgan fingerprint density at radius 1 is 0.356 bits per heavy atom. The Morgan fingerprint density at radius 3 is 1.40 bits per heavy atom. The van der Waals surface area contributed by atoms with Crippen LogP contribution in [0.1, 0.15) is 42.6 Å². The third-order valence-corrected chi connectivity index (χ3v) is 7.11. The number of benzene rings is 7. The number of aromatic nitrogens is 2. The highest BCUT2D eigenvalue weighted by Crippen LogP contribution is 2.37. The van der Waals surface area contributed by atoms with Crippen LogP contribution >= 0.6 is 0 Å². The van der Waals surface area contributed by atoms with Gasteiger partial charge in [-0.15, -0.1) is 0 Å². The average molecular weight is 602 g/mol. The Labute approximate surface area is 300 Å². The van der Waals surface area contributed by atoms with Crippen molar-refractivity contribution in [3.63, 3.8) is 0 Å². The van der Waals surface area contributed by atoms with Crippen LogP contribution in [0.2, 0.25) is 0 Å². The van der Waals surface area contributed by atoms with Crippen molar-refractivity contribution in [2.24, 2.45) is 0 Å². The molecule has 0 bridgehead atoms. The number of para-hydroxylation sites is 3. The van der Waals surface area contributed by atoms with E-state index < -0.39 is 240 Å². The average Bonchev–Trinajstić information content (AvgIpc) is 3.89. The van der Waals surface area contributed by atoms with Crippen LogP contribution < -0.4 is 0 Å². The maximum Gasteiger partial charge on any atom is 0.0652 e. The molecule has 0 atom stereocenters. The van der Waals surface area contributed by atoms with E-state index in [1.807, 2.05) is 0 Å². The van der Waals surface area contributed by atoms with Crippen LogP contribution in [0.25, 0.3) is 77.2 Å². The molecular formula is C43H30N2. The van der Waals surface area contributed by atoms with Gasteiger partial charge in [0.05, 0.1) is 59.1 Å². The fourth-order valence-electron chi connectivity index (χ4n) is 5.15. The third kappa shape index (κ3) is 4.11. The quantitative estimate of drug-likeness (QED) is 0.190. The maximum atomic E-state index is 9.80. The highest BCUT2D eigenvalue weighted by molar-refractivity contribution is 6.12. The molecule has 0 N–H and O–H groups in total. The summed E-state index contributed by atoms with van der Waals surface area (Å²) in [5.74, 6) is 0. The maximum absolute atomic E-state index is 9.80. The summed E-state index contributed by atoms with van der Waals surface area (Å²) in [4.78, 5) is 0. The lowest BCUT2D eigenvalue weighted by Crippen LogP contribution is -1.95. The van der Waals surface area contributed by atoms with E-state index in [1.54, 1.807) is 0 Å². The fourth-order valence-corrected chi connectivity index (χ4v) is 5.15. The molecular weight excluding hydrogens is 544 g/mol. The molecule has 0 aliphatic rings. The van der Waals surface area contributed by atoms with Gasteiger partial charge in [-0.2, -0.15) is 0 Å². The van der Waals surface area contributed by atoms with E-state index in [2.05, 4.69) is 0 Å². The minimum absolute atomic E-state index is 0.0995. The van der Waals surface area contributed by atoms with Crippen LogP contribution in [0.3, 0.4) is 0 Å². The van der Waals surface area contributed by atoms with E-state index in [0.29, 0.717) is 4.57 Å². The first-order valence-electron chi connectivity index (χ1n) is 26.8. The molecule has 45 heavy (non-hydrogen) atoms. The third-order valence-electron chi connectivity index (χ3n) is 7.11.